The first-order valence-corrected chi connectivity index (χ1v) is 8.82. The van der Waals surface area contributed by atoms with Gasteiger partial charge in [0.1, 0.15) is 17.6 Å². The fourth-order valence-electron chi connectivity index (χ4n) is 2.82. The molecule has 1 unspecified atom stereocenters. The van der Waals surface area contributed by atoms with Crippen molar-refractivity contribution in [1.82, 2.24) is 14.9 Å². The van der Waals surface area contributed by atoms with Crippen LogP contribution in [0.2, 0.25) is 0 Å². The molecule has 1 N–H and O–H groups in total. The summed E-state index contributed by atoms with van der Waals surface area (Å²) in [5, 5.41) is 13.7. The maximum atomic E-state index is 12.5. The van der Waals surface area contributed by atoms with E-state index in [0.717, 1.165) is 11.3 Å². The standard InChI is InChI=1S/C21H20N4O4/c1-24-14-13-22-21(24)20(16-6-10-18(29-2)11-7-16)23-19(26)12-5-15-3-8-17(9-4-15)25(27)28/h3-14,20H,1-2H3,(H,23,26)/b12-5+. The lowest BCUT2D eigenvalue weighted by molar-refractivity contribution is -0.384. The van der Waals surface area contributed by atoms with Crippen LogP contribution in [0.3, 0.4) is 0 Å². The average Bonchev–Trinajstić information content (AvgIpc) is 3.16. The number of ether oxygens (including phenoxy) is 1. The third kappa shape index (κ3) is 4.86. The predicted octanol–water partition coefficient (Wildman–Crippen LogP) is 3.26. The van der Waals surface area contributed by atoms with Gasteiger partial charge < -0.3 is 14.6 Å². The van der Waals surface area contributed by atoms with Crippen LogP contribution in [0.4, 0.5) is 5.69 Å². The lowest BCUT2D eigenvalue weighted by atomic mass is 10.1. The summed E-state index contributed by atoms with van der Waals surface area (Å²) in [6, 6.07) is 12.9. The molecule has 0 spiro atoms. The quantitative estimate of drug-likeness (QED) is 0.378. The Hall–Kier alpha value is -3.94. The van der Waals surface area contributed by atoms with Crippen molar-refractivity contribution in [3.63, 3.8) is 0 Å². The lowest BCUT2D eigenvalue weighted by Crippen LogP contribution is -2.29. The molecular formula is C21H20N4O4. The van der Waals surface area contributed by atoms with Crippen molar-refractivity contribution >= 4 is 17.7 Å². The monoisotopic (exact) mass is 392 g/mol. The summed E-state index contributed by atoms with van der Waals surface area (Å²) in [5.41, 5.74) is 1.54. The van der Waals surface area contributed by atoms with E-state index in [2.05, 4.69) is 10.3 Å². The molecule has 0 aliphatic carbocycles. The van der Waals surface area contributed by atoms with E-state index in [0.29, 0.717) is 11.4 Å². The van der Waals surface area contributed by atoms with Crippen LogP contribution in [0.5, 0.6) is 5.75 Å². The molecular weight excluding hydrogens is 372 g/mol. The number of benzene rings is 2. The molecule has 0 aliphatic rings. The Labute approximate surface area is 167 Å². The average molecular weight is 392 g/mol. The van der Waals surface area contributed by atoms with Gasteiger partial charge >= 0.3 is 0 Å². The second kappa shape index (κ2) is 8.83. The first kappa shape index (κ1) is 19.8. The molecule has 8 heteroatoms. The van der Waals surface area contributed by atoms with E-state index in [9.17, 15) is 14.9 Å². The third-order valence-corrected chi connectivity index (χ3v) is 4.38. The fourth-order valence-corrected chi connectivity index (χ4v) is 2.82. The van der Waals surface area contributed by atoms with Crippen LogP contribution in [0, 0.1) is 10.1 Å². The summed E-state index contributed by atoms with van der Waals surface area (Å²) in [5.74, 6) is 1.09. The smallest absolute Gasteiger partial charge is 0.269 e. The second-order valence-electron chi connectivity index (χ2n) is 6.29. The van der Waals surface area contributed by atoms with E-state index in [1.807, 2.05) is 42.1 Å². The van der Waals surface area contributed by atoms with Gasteiger partial charge in [-0.05, 0) is 41.5 Å². The first-order valence-electron chi connectivity index (χ1n) is 8.82. The van der Waals surface area contributed by atoms with Gasteiger partial charge in [0.2, 0.25) is 5.91 Å². The zero-order valence-corrected chi connectivity index (χ0v) is 16.0. The van der Waals surface area contributed by atoms with Gasteiger partial charge in [-0.1, -0.05) is 12.1 Å². The molecule has 148 valence electrons. The van der Waals surface area contributed by atoms with Crippen molar-refractivity contribution in [2.24, 2.45) is 7.05 Å². The highest BCUT2D eigenvalue weighted by molar-refractivity contribution is 5.92. The summed E-state index contributed by atoms with van der Waals surface area (Å²) < 4.78 is 7.04. The molecule has 8 nitrogen and oxygen atoms in total. The van der Waals surface area contributed by atoms with E-state index in [-0.39, 0.29) is 11.6 Å². The van der Waals surface area contributed by atoms with Crippen LogP contribution in [-0.2, 0) is 11.8 Å². The summed E-state index contributed by atoms with van der Waals surface area (Å²) in [7, 11) is 3.45. The van der Waals surface area contributed by atoms with Gasteiger partial charge in [0.25, 0.3) is 5.69 Å². The van der Waals surface area contributed by atoms with Crippen molar-refractivity contribution in [1.29, 1.82) is 0 Å². The van der Waals surface area contributed by atoms with Crippen LogP contribution in [-0.4, -0.2) is 27.5 Å². The van der Waals surface area contributed by atoms with Gasteiger partial charge in [0, 0.05) is 37.7 Å². The molecule has 1 amide bonds. The number of aryl methyl sites for hydroxylation is 1. The lowest BCUT2D eigenvalue weighted by Gasteiger charge is -2.18. The van der Waals surface area contributed by atoms with Crippen molar-refractivity contribution in [2.75, 3.05) is 7.11 Å². The Morgan fingerprint density at radius 1 is 1.21 bits per heavy atom. The number of carbonyl (C=O) groups is 1. The number of methoxy groups -OCH3 is 1. The van der Waals surface area contributed by atoms with Crippen molar-refractivity contribution < 1.29 is 14.5 Å². The molecule has 1 atom stereocenters. The Bertz CT molecular complexity index is 1020. The number of carbonyl (C=O) groups excluding carboxylic acids is 1. The Morgan fingerprint density at radius 3 is 2.45 bits per heavy atom. The number of rotatable bonds is 7. The number of imidazole rings is 1. The number of non-ortho nitro benzene ring substituents is 1. The number of nitrogens with zero attached hydrogens (tertiary/aromatic N) is 3. The van der Waals surface area contributed by atoms with E-state index >= 15 is 0 Å². The van der Waals surface area contributed by atoms with Crippen LogP contribution >= 0.6 is 0 Å². The van der Waals surface area contributed by atoms with Crippen LogP contribution in [0.1, 0.15) is 23.0 Å². The molecule has 1 heterocycles. The normalized spacial score (nSPS) is 11.9. The number of amides is 1. The molecule has 1 aromatic heterocycles. The van der Waals surface area contributed by atoms with Crippen molar-refractivity contribution in [2.45, 2.75) is 6.04 Å². The maximum Gasteiger partial charge on any atom is 0.269 e. The largest absolute Gasteiger partial charge is 0.497 e. The number of nitro groups is 1. The second-order valence-corrected chi connectivity index (χ2v) is 6.29. The van der Waals surface area contributed by atoms with Crippen LogP contribution < -0.4 is 10.1 Å². The summed E-state index contributed by atoms with van der Waals surface area (Å²) >= 11 is 0. The highest BCUT2D eigenvalue weighted by Crippen LogP contribution is 2.23. The number of hydrogen-bond acceptors (Lipinski definition) is 5. The molecule has 0 saturated heterocycles. The number of aromatic nitrogens is 2. The topological polar surface area (TPSA) is 99.3 Å². The Balaban J connectivity index is 1.78. The van der Waals surface area contributed by atoms with Gasteiger partial charge in [-0.3, -0.25) is 14.9 Å². The first-order chi connectivity index (χ1) is 14.0. The summed E-state index contributed by atoms with van der Waals surface area (Å²) in [6.07, 6.45) is 6.47. The third-order valence-electron chi connectivity index (χ3n) is 4.38. The molecule has 0 saturated carbocycles. The highest BCUT2D eigenvalue weighted by atomic mass is 16.6. The molecule has 0 bridgehead atoms. The van der Waals surface area contributed by atoms with Crippen LogP contribution in [0.25, 0.3) is 6.08 Å². The molecule has 3 rings (SSSR count). The molecule has 0 aliphatic heterocycles. The number of hydrogen-bond donors (Lipinski definition) is 1. The van der Waals surface area contributed by atoms with Crippen LogP contribution in [0.15, 0.2) is 67.0 Å². The van der Waals surface area contributed by atoms with E-state index in [1.54, 1.807) is 31.5 Å². The minimum absolute atomic E-state index is 0.000883. The molecule has 29 heavy (non-hydrogen) atoms. The molecule has 3 aromatic rings. The van der Waals surface area contributed by atoms with E-state index < -0.39 is 11.0 Å². The summed E-state index contributed by atoms with van der Waals surface area (Å²) in [6.45, 7) is 0. The van der Waals surface area contributed by atoms with Gasteiger partial charge in [0.15, 0.2) is 0 Å². The summed E-state index contributed by atoms with van der Waals surface area (Å²) in [4.78, 5) is 27.2. The Morgan fingerprint density at radius 2 is 1.90 bits per heavy atom. The Kier molecular flexibility index (Phi) is 6.03. The molecule has 0 radical (unpaired) electrons. The maximum absolute atomic E-state index is 12.5. The predicted molar refractivity (Wildman–Crippen MR) is 108 cm³/mol. The van der Waals surface area contributed by atoms with Gasteiger partial charge in [0.05, 0.1) is 12.0 Å². The van der Waals surface area contributed by atoms with E-state index in [1.165, 1.54) is 18.2 Å². The SMILES string of the molecule is COc1ccc(C(NC(=O)/C=C/c2ccc([N+](=O)[O-])cc2)c2nccn2C)cc1. The molecule has 2 aromatic carbocycles. The van der Waals surface area contributed by atoms with E-state index in [4.69, 9.17) is 4.74 Å². The fraction of sp³-hybridized carbons (Fsp3) is 0.143. The van der Waals surface area contributed by atoms with Crippen molar-refractivity contribution in [3.8, 4) is 5.75 Å². The van der Waals surface area contributed by atoms with Gasteiger partial charge in [-0.25, -0.2) is 4.98 Å². The zero-order valence-electron chi connectivity index (χ0n) is 16.0. The minimum atomic E-state index is -0.466. The van der Waals surface area contributed by atoms with Gasteiger partial charge in [-0.15, -0.1) is 0 Å². The minimum Gasteiger partial charge on any atom is -0.497 e. The number of nitrogens with one attached hydrogen (secondary N) is 1. The van der Waals surface area contributed by atoms with Gasteiger partial charge in [-0.2, -0.15) is 0 Å². The molecule has 0 fully saturated rings. The highest BCUT2D eigenvalue weighted by Gasteiger charge is 2.20. The van der Waals surface area contributed by atoms with Crippen molar-refractivity contribution in [3.05, 3.63) is 94.1 Å². The zero-order chi connectivity index (χ0) is 20.8. The number of nitro benzene ring substituents is 1.